The normalized spacial score (nSPS) is 18.5. The zero-order chi connectivity index (χ0) is 13.0. The third-order valence-corrected chi connectivity index (χ3v) is 4.93. The summed E-state index contributed by atoms with van der Waals surface area (Å²) in [6, 6.07) is 12.9. The van der Waals surface area contributed by atoms with E-state index >= 15 is 0 Å². The first-order chi connectivity index (χ1) is 9.19. The van der Waals surface area contributed by atoms with E-state index in [0.29, 0.717) is 0 Å². The smallest absolute Gasteiger partial charge is 0.0316 e. The van der Waals surface area contributed by atoms with Crippen LogP contribution in [0.25, 0.3) is 0 Å². The molecule has 96 valence electrons. The number of hydrogen-bond donors (Lipinski definition) is 2. The molecule has 0 aromatic heterocycles. The van der Waals surface area contributed by atoms with E-state index in [1.165, 1.54) is 35.1 Å². The number of nitrogen functional groups attached to an aromatic ring is 2. The number of anilines is 2. The molecule has 0 aliphatic heterocycles. The van der Waals surface area contributed by atoms with Gasteiger partial charge in [0, 0.05) is 16.8 Å². The Balaban J connectivity index is 1.92. The molecule has 0 fully saturated rings. The van der Waals surface area contributed by atoms with Crippen LogP contribution in [-0.2, 0) is 18.3 Å². The Bertz CT molecular complexity index is 613. The van der Waals surface area contributed by atoms with E-state index in [0.717, 1.165) is 24.2 Å². The molecule has 2 heteroatoms. The van der Waals surface area contributed by atoms with Crippen LogP contribution >= 0.6 is 0 Å². The van der Waals surface area contributed by atoms with Crippen LogP contribution in [0, 0.1) is 0 Å². The van der Waals surface area contributed by atoms with Gasteiger partial charge in [0.2, 0.25) is 0 Å². The molecule has 2 nitrogen and oxygen atoms in total. The fraction of sp³-hybridized carbons (Fsp3) is 0.294. The predicted molar refractivity (Wildman–Crippen MR) is 79.1 cm³/mol. The van der Waals surface area contributed by atoms with E-state index in [2.05, 4.69) is 24.3 Å². The highest BCUT2D eigenvalue weighted by atomic mass is 14.6. The quantitative estimate of drug-likeness (QED) is 0.706. The van der Waals surface area contributed by atoms with Crippen LogP contribution in [0.15, 0.2) is 36.4 Å². The van der Waals surface area contributed by atoms with E-state index in [1.54, 1.807) is 0 Å². The maximum atomic E-state index is 5.92. The lowest BCUT2D eigenvalue weighted by molar-refractivity contribution is 0.507. The molecule has 0 saturated heterocycles. The summed E-state index contributed by atoms with van der Waals surface area (Å²) in [6.45, 7) is 0. The summed E-state index contributed by atoms with van der Waals surface area (Å²) in [4.78, 5) is 0. The van der Waals surface area contributed by atoms with Crippen molar-refractivity contribution in [2.75, 3.05) is 11.5 Å². The minimum atomic E-state index is 0.228. The molecule has 0 atom stereocenters. The van der Waals surface area contributed by atoms with Gasteiger partial charge in [-0.2, -0.15) is 0 Å². The Morgan fingerprint density at radius 3 is 1.68 bits per heavy atom. The summed E-state index contributed by atoms with van der Waals surface area (Å²) in [5.74, 6) is 0. The third-order valence-electron chi connectivity index (χ3n) is 4.93. The SMILES string of the molecule is Nc1ccc2c(c1)CCC21CCc2cc(N)ccc21. The van der Waals surface area contributed by atoms with Gasteiger partial charge in [-0.1, -0.05) is 12.1 Å². The van der Waals surface area contributed by atoms with Crippen LogP contribution in [0.3, 0.4) is 0 Å². The average molecular weight is 250 g/mol. The van der Waals surface area contributed by atoms with Crippen molar-refractivity contribution in [3.63, 3.8) is 0 Å². The summed E-state index contributed by atoms with van der Waals surface area (Å²) in [5, 5.41) is 0. The molecule has 4 N–H and O–H groups in total. The van der Waals surface area contributed by atoms with Crippen molar-refractivity contribution in [3.05, 3.63) is 58.7 Å². The van der Waals surface area contributed by atoms with Crippen molar-refractivity contribution in [2.24, 2.45) is 0 Å². The summed E-state index contributed by atoms with van der Waals surface area (Å²) < 4.78 is 0. The molecule has 4 rings (SSSR count). The molecular formula is C17H18N2. The van der Waals surface area contributed by atoms with Gasteiger partial charge in [0.15, 0.2) is 0 Å². The maximum absolute atomic E-state index is 5.92. The molecular weight excluding hydrogens is 232 g/mol. The van der Waals surface area contributed by atoms with Gasteiger partial charge in [-0.15, -0.1) is 0 Å². The van der Waals surface area contributed by atoms with Crippen molar-refractivity contribution in [2.45, 2.75) is 31.1 Å². The van der Waals surface area contributed by atoms with E-state index in [4.69, 9.17) is 11.5 Å². The second-order valence-corrected chi connectivity index (χ2v) is 5.92. The topological polar surface area (TPSA) is 52.0 Å². The van der Waals surface area contributed by atoms with Gasteiger partial charge in [0.25, 0.3) is 0 Å². The molecule has 0 bridgehead atoms. The summed E-state index contributed by atoms with van der Waals surface area (Å²) in [5.41, 5.74) is 19.7. The predicted octanol–water partition coefficient (Wildman–Crippen LogP) is 3.03. The fourth-order valence-corrected chi connectivity index (χ4v) is 4.08. The Labute approximate surface area is 113 Å². The maximum Gasteiger partial charge on any atom is 0.0316 e. The highest BCUT2D eigenvalue weighted by Crippen LogP contribution is 2.52. The van der Waals surface area contributed by atoms with E-state index in [-0.39, 0.29) is 5.41 Å². The highest BCUT2D eigenvalue weighted by Gasteiger charge is 2.44. The number of nitrogens with two attached hydrogens (primary N) is 2. The van der Waals surface area contributed by atoms with Gasteiger partial charge in [-0.05, 0) is 72.2 Å². The van der Waals surface area contributed by atoms with Crippen LogP contribution in [0.1, 0.15) is 35.1 Å². The monoisotopic (exact) mass is 250 g/mol. The number of fused-ring (bicyclic) bond motifs is 4. The highest BCUT2D eigenvalue weighted by molar-refractivity contribution is 5.59. The van der Waals surface area contributed by atoms with Crippen molar-refractivity contribution in [1.82, 2.24) is 0 Å². The molecule has 19 heavy (non-hydrogen) atoms. The lowest BCUT2D eigenvalue weighted by Gasteiger charge is -2.26. The Morgan fingerprint density at radius 1 is 0.737 bits per heavy atom. The second-order valence-electron chi connectivity index (χ2n) is 5.92. The van der Waals surface area contributed by atoms with Gasteiger partial charge in [0.05, 0.1) is 0 Å². The zero-order valence-electron chi connectivity index (χ0n) is 10.9. The van der Waals surface area contributed by atoms with Crippen LogP contribution in [-0.4, -0.2) is 0 Å². The van der Waals surface area contributed by atoms with Crippen LogP contribution in [0.4, 0.5) is 11.4 Å². The van der Waals surface area contributed by atoms with E-state index in [1.807, 2.05) is 12.1 Å². The molecule has 0 saturated carbocycles. The van der Waals surface area contributed by atoms with Crippen molar-refractivity contribution in [1.29, 1.82) is 0 Å². The van der Waals surface area contributed by atoms with Crippen molar-refractivity contribution in [3.8, 4) is 0 Å². The summed E-state index contributed by atoms with van der Waals surface area (Å²) in [6.07, 6.45) is 4.71. The molecule has 1 spiro atoms. The van der Waals surface area contributed by atoms with E-state index in [9.17, 15) is 0 Å². The van der Waals surface area contributed by atoms with Crippen LogP contribution < -0.4 is 11.5 Å². The third kappa shape index (κ3) is 1.37. The van der Waals surface area contributed by atoms with Crippen LogP contribution in [0.5, 0.6) is 0 Å². The molecule has 2 aliphatic rings. The lowest BCUT2D eigenvalue weighted by atomic mass is 9.76. The number of aryl methyl sites for hydroxylation is 2. The number of hydrogen-bond acceptors (Lipinski definition) is 2. The minimum absolute atomic E-state index is 0.228. The molecule has 0 amide bonds. The molecule has 0 radical (unpaired) electrons. The zero-order valence-corrected chi connectivity index (χ0v) is 10.9. The van der Waals surface area contributed by atoms with Gasteiger partial charge < -0.3 is 11.5 Å². The number of benzene rings is 2. The van der Waals surface area contributed by atoms with Crippen LogP contribution in [0.2, 0.25) is 0 Å². The summed E-state index contributed by atoms with van der Waals surface area (Å²) in [7, 11) is 0. The Kier molecular flexibility index (Phi) is 2.03. The molecule has 2 aromatic rings. The fourth-order valence-electron chi connectivity index (χ4n) is 4.08. The van der Waals surface area contributed by atoms with Gasteiger partial charge in [-0.3, -0.25) is 0 Å². The first-order valence-electron chi connectivity index (χ1n) is 6.97. The molecule has 0 heterocycles. The molecule has 0 unspecified atom stereocenters. The number of rotatable bonds is 0. The first-order valence-corrected chi connectivity index (χ1v) is 6.97. The Morgan fingerprint density at radius 2 is 1.21 bits per heavy atom. The van der Waals surface area contributed by atoms with Crippen molar-refractivity contribution < 1.29 is 0 Å². The molecule has 2 aromatic carbocycles. The van der Waals surface area contributed by atoms with Gasteiger partial charge >= 0.3 is 0 Å². The molecule has 2 aliphatic carbocycles. The van der Waals surface area contributed by atoms with Crippen molar-refractivity contribution >= 4 is 11.4 Å². The Hall–Kier alpha value is -1.96. The second kappa shape index (κ2) is 3.53. The minimum Gasteiger partial charge on any atom is -0.399 e. The first kappa shape index (κ1) is 10.9. The average Bonchev–Trinajstić information content (AvgIpc) is 2.93. The van der Waals surface area contributed by atoms with Gasteiger partial charge in [-0.25, -0.2) is 0 Å². The van der Waals surface area contributed by atoms with E-state index < -0.39 is 0 Å². The lowest BCUT2D eigenvalue weighted by Crippen LogP contribution is -2.21. The standard InChI is InChI=1S/C17H18N2/c18-13-1-3-15-11(9-13)5-7-17(15)8-6-12-10-14(19)2-4-16(12)17/h1-4,9-10H,5-8,18-19H2. The van der Waals surface area contributed by atoms with Gasteiger partial charge in [0.1, 0.15) is 0 Å². The largest absolute Gasteiger partial charge is 0.399 e. The summed E-state index contributed by atoms with van der Waals surface area (Å²) >= 11 is 0.